The molecular formula is C26H30N8O2. The first-order valence-corrected chi connectivity index (χ1v) is 12.3. The normalized spacial score (nSPS) is 19.4. The molecule has 5 heterocycles. The Kier molecular flexibility index (Phi) is 5.11. The third kappa shape index (κ3) is 4.01. The number of H-pyrrole nitrogens is 1. The number of aromatic amines is 1. The summed E-state index contributed by atoms with van der Waals surface area (Å²) in [6.07, 6.45) is 9.52. The van der Waals surface area contributed by atoms with Crippen LogP contribution in [0.3, 0.4) is 0 Å². The molecule has 3 N–H and O–H groups in total. The van der Waals surface area contributed by atoms with Gasteiger partial charge < -0.3 is 19.9 Å². The molecule has 0 saturated heterocycles. The first-order chi connectivity index (χ1) is 17.2. The first-order valence-electron chi connectivity index (χ1n) is 12.3. The van der Waals surface area contributed by atoms with Gasteiger partial charge in [0.2, 0.25) is 0 Å². The molecule has 0 radical (unpaired) electrons. The molecule has 0 spiro atoms. The standard InChI is InChI=1S/C26H30N8O2/c1-15-21(31-20-9-10-27-22(20)30-15)19-8-7-18(12-28-19)26(4,17-5-6-17)24-32-23(36-33-24)16-11-29-34(13-16)14-25(2,3)35/h7-13,15,17,27,30,35H,5-6,14H2,1-4H3/t15?,26-/m1/s1. The van der Waals surface area contributed by atoms with Gasteiger partial charge in [0.05, 0.1) is 46.8 Å². The highest BCUT2D eigenvalue weighted by atomic mass is 16.5. The molecule has 2 aliphatic rings. The molecule has 1 fully saturated rings. The monoisotopic (exact) mass is 486 g/mol. The molecule has 0 aromatic carbocycles. The Morgan fingerprint density at radius 3 is 2.72 bits per heavy atom. The van der Waals surface area contributed by atoms with E-state index in [1.807, 2.05) is 30.7 Å². The number of aromatic nitrogens is 6. The number of hydrogen-bond acceptors (Lipinski definition) is 8. The Bertz CT molecular complexity index is 1420. The molecule has 186 valence electrons. The first kappa shape index (κ1) is 22.7. The molecule has 6 rings (SSSR count). The predicted octanol–water partition coefficient (Wildman–Crippen LogP) is 4.08. The highest BCUT2D eigenvalue weighted by molar-refractivity contribution is 6.07. The highest BCUT2D eigenvalue weighted by Gasteiger charge is 2.47. The van der Waals surface area contributed by atoms with E-state index in [4.69, 9.17) is 19.5 Å². The summed E-state index contributed by atoms with van der Waals surface area (Å²) in [6.45, 7) is 8.11. The Labute approximate surface area is 208 Å². The molecule has 10 heteroatoms. The van der Waals surface area contributed by atoms with Gasteiger partial charge in [-0.3, -0.25) is 9.67 Å². The molecule has 1 saturated carbocycles. The van der Waals surface area contributed by atoms with Crippen LogP contribution in [0.25, 0.3) is 11.5 Å². The van der Waals surface area contributed by atoms with Gasteiger partial charge in [0.25, 0.3) is 5.89 Å². The lowest BCUT2D eigenvalue weighted by Gasteiger charge is -2.27. The number of pyridine rings is 1. The molecule has 1 aliphatic carbocycles. The second kappa shape index (κ2) is 8.12. The Hall–Kier alpha value is -3.79. The van der Waals surface area contributed by atoms with Crippen LogP contribution in [0.2, 0.25) is 0 Å². The SMILES string of the molecule is CC1Nc2[nH]ccc2N=C1c1ccc([C@](C)(c2noc(-c3cnn(CC(C)(C)O)c3)n2)C2CC2)cn1. The van der Waals surface area contributed by atoms with E-state index in [2.05, 4.69) is 40.5 Å². The maximum atomic E-state index is 10.1. The van der Waals surface area contributed by atoms with Crippen LogP contribution < -0.4 is 5.32 Å². The van der Waals surface area contributed by atoms with E-state index in [1.165, 1.54) is 0 Å². The zero-order valence-corrected chi connectivity index (χ0v) is 20.9. The van der Waals surface area contributed by atoms with E-state index in [0.29, 0.717) is 24.2 Å². The van der Waals surface area contributed by atoms with Crippen molar-refractivity contribution >= 4 is 17.2 Å². The Morgan fingerprint density at radius 2 is 2.00 bits per heavy atom. The van der Waals surface area contributed by atoms with Gasteiger partial charge in [-0.15, -0.1) is 0 Å². The van der Waals surface area contributed by atoms with E-state index in [9.17, 15) is 5.11 Å². The number of aliphatic hydroxyl groups is 1. The quantitative estimate of drug-likeness (QED) is 0.359. The second-order valence-corrected chi connectivity index (χ2v) is 10.7. The number of nitrogens with zero attached hydrogens (tertiary/aromatic N) is 6. The van der Waals surface area contributed by atoms with E-state index in [-0.39, 0.29) is 6.04 Å². The molecular weight excluding hydrogens is 456 g/mol. The van der Waals surface area contributed by atoms with Gasteiger partial charge in [0, 0.05) is 18.6 Å². The van der Waals surface area contributed by atoms with Crippen molar-refractivity contribution < 1.29 is 9.63 Å². The van der Waals surface area contributed by atoms with Crippen molar-refractivity contribution in [2.24, 2.45) is 10.9 Å². The molecule has 4 aromatic heterocycles. The van der Waals surface area contributed by atoms with E-state index >= 15 is 0 Å². The van der Waals surface area contributed by atoms with Crippen molar-refractivity contribution in [2.45, 2.75) is 64.1 Å². The van der Waals surface area contributed by atoms with Crippen molar-refractivity contribution in [2.75, 3.05) is 5.32 Å². The minimum Gasteiger partial charge on any atom is -0.389 e. The van der Waals surface area contributed by atoms with Gasteiger partial charge >= 0.3 is 0 Å². The highest BCUT2D eigenvalue weighted by Crippen LogP contribution is 2.50. The molecule has 10 nitrogen and oxygen atoms in total. The molecule has 36 heavy (non-hydrogen) atoms. The van der Waals surface area contributed by atoms with Gasteiger partial charge in [-0.1, -0.05) is 11.2 Å². The van der Waals surface area contributed by atoms with Crippen LogP contribution in [-0.4, -0.2) is 52.4 Å². The summed E-state index contributed by atoms with van der Waals surface area (Å²) in [5, 5.41) is 22.2. The van der Waals surface area contributed by atoms with Crippen molar-refractivity contribution in [3.8, 4) is 11.5 Å². The zero-order chi connectivity index (χ0) is 25.1. The molecule has 0 amide bonds. The lowest BCUT2D eigenvalue weighted by molar-refractivity contribution is 0.0577. The average molecular weight is 487 g/mol. The summed E-state index contributed by atoms with van der Waals surface area (Å²) in [5.74, 6) is 2.42. The molecule has 4 aromatic rings. The number of fused-ring (bicyclic) bond motifs is 1. The fourth-order valence-corrected chi connectivity index (χ4v) is 4.93. The fourth-order valence-electron chi connectivity index (χ4n) is 4.93. The van der Waals surface area contributed by atoms with Gasteiger partial charge in [-0.25, -0.2) is 4.99 Å². The number of aliphatic imine (C=N–C) groups is 1. The second-order valence-electron chi connectivity index (χ2n) is 10.7. The van der Waals surface area contributed by atoms with Crippen molar-refractivity contribution in [1.29, 1.82) is 0 Å². The maximum absolute atomic E-state index is 10.1. The van der Waals surface area contributed by atoms with Crippen LogP contribution in [0.1, 0.15) is 57.6 Å². The van der Waals surface area contributed by atoms with Crippen LogP contribution in [0.15, 0.2) is 52.5 Å². The Morgan fingerprint density at radius 1 is 1.17 bits per heavy atom. The largest absolute Gasteiger partial charge is 0.389 e. The molecule has 0 bridgehead atoms. The average Bonchev–Trinajstić information content (AvgIpc) is 3.20. The van der Waals surface area contributed by atoms with Crippen LogP contribution in [0.5, 0.6) is 0 Å². The Balaban J connectivity index is 1.29. The van der Waals surface area contributed by atoms with E-state index in [0.717, 1.165) is 46.9 Å². The minimum atomic E-state index is -0.867. The van der Waals surface area contributed by atoms with Gasteiger partial charge in [0.1, 0.15) is 11.5 Å². The number of nitrogens with one attached hydrogen (secondary N) is 2. The predicted molar refractivity (Wildman–Crippen MR) is 135 cm³/mol. The summed E-state index contributed by atoms with van der Waals surface area (Å²) >= 11 is 0. The lowest BCUT2D eigenvalue weighted by atomic mass is 9.77. The smallest absolute Gasteiger partial charge is 0.261 e. The minimum absolute atomic E-state index is 0.0430. The number of hydrogen-bond donors (Lipinski definition) is 3. The molecule has 1 aliphatic heterocycles. The fraction of sp³-hybridized carbons (Fsp3) is 0.423. The third-order valence-corrected chi connectivity index (χ3v) is 7.08. The molecule has 1 unspecified atom stereocenters. The summed E-state index contributed by atoms with van der Waals surface area (Å²) in [5.41, 5.74) is 3.14. The topological polar surface area (TPSA) is 130 Å². The van der Waals surface area contributed by atoms with Gasteiger partial charge in [-0.05, 0) is 64.2 Å². The van der Waals surface area contributed by atoms with E-state index in [1.54, 1.807) is 24.7 Å². The summed E-state index contributed by atoms with van der Waals surface area (Å²) in [6, 6.07) is 6.14. The number of rotatable bonds is 7. The van der Waals surface area contributed by atoms with Crippen LogP contribution in [0.4, 0.5) is 11.5 Å². The van der Waals surface area contributed by atoms with Crippen molar-refractivity contribution in [1.82, 2.24) is 29.9 Å². The third-order valence-electron chi connectivity index (χ3n) is 7.08. The van der Waals surface area contributed by atoms with E-state index < -0.39 is 11.0 Å². The molecule has 2 atom stereocenters. The summed E-state index contributed by atoms with van der Waals surface area (Å²) in [4.78, 5) is 17.6. The number of anilines is 1. The zero-order valence-electron chi connectivity index (χ0n) is 20.9. The van der Waals surface area contributed by atoms with Crippen LogP contribution in [-0.2, 0) is 12.0 Å². The van der Waals surface area contributed by atoms with Gasteiger partial charge in [-0.2, -0.15) is 10.1 Å². The van der Waals surface area contributed by atoms with Crippen molar-refractivity contribution in [3.63, 3.8) is 0 Å². The van der Waals surface area contributed by atoms with Crippen LogP contribution >= 0.6 is 0 Å². The van der Waals surface area contributed by atoms with Crippen LogP contribution in [0, 0.1) is 5.92 Å². The summed E-state index contributed by atoms with van der Waals surface area (Å²) in [7, 11) is 0. The maximum Gasteiger partial charge on any atom is 0.261 e. The summed E-state index contributed by atoms with van der Waals surface area (Å²) < 4.78 is 7.35. The van der Waals surface area contributed by atoms with Crippen molar-refractivity contribution in [3.05, 3.63) is 60.1 Å². The lowest BCUT2D eigenvalue weighted by Crippen LogP contribution is -2.31. The van der Waals surface area contributed by atoms with Gasteiger partial charge in [0.15, 0.2) is 5.82 Å².